The predicted molar refractivity (Wildman–Crippen MR) is 125 cm³/mol. The third-order valence-electron chi connectivity index (χ3n) is 5.04. The average Bonchev–Trinajstić information content (AvgIpc) is 2.82. The average molecular weight is 466 g/mol. The van der Waals surface area contributed by atoms with E-state index in [1.165, 1.54) is 12.1 Å². The highest BCUT2D eigenvalue weighted by molar-refractivity contribution is 6.31. The van der Waals surface area contributed by atoms with Crippen LogP contribution in [0.15, 0.2) is 108 Å². The number of benzene rings is 4. The summed E-state index contributed by atoms with van der Waals surface area (Å²) < 4.78 is 41.0. The number of oxime groups is 1. The van der Waals surface area contributed by atoms with Crippen molar-refractivity contribution in [3.05, 3.63) is 130 Å². The van der Waals surface area contributed by atoms with Crippen molar-refractivity contribution >= 4 is 17.3 Å². The Balaban J connectivity index is 1.62. The summed E-state index contributed by atoms with van der Waals surface area (Å²) in [6.07, 6.45) is -4.57. The van der Waals surface area contributed by atoms with Crippen molar-refractivity contribution in [3.63, 3.8) is 0 Å². The van der Waals surface area contributed by atoms with Crippen molar-refractivity contribution in [2.45, 2.75) is 12.8 Å². The van der Waals surface area contributed by atoms with E-state index in [4.69, 9.17) is 16.4 Å². The summed E-state index contributed by atoms with van der Waals surface area (Å²) in [6.45, 7) is 0.104. The molecule has 0 aliphatic rings. The summed E-state index contributed by atoms with van der Waals surface area (Å²) in [6, 6.07) is 29.7. The van der Waals surface area contributed by atoms with Crippen LogP contribution in [-0.2, 0) is 17.6 Å². The van der Waals surface area contributed by atoms with Crippen LogP contribution in [0.25, 0.3) is 11.1 Å². The fraction of sp³-hybridized carbons (Fsp3) is 0.0741. The number of halogens is 4. The first-order valence-electron chi connectivity index (χ1n) is 10.2. The molecule has 0 amide bonds. The number of alkyl halides is 3. The van der Waals surface area contributed by atoms with Crippen LogP contribution < -0.4 is 0 Å². The third-order valence-corrected chi connectivity index (χ3v) is 5.27. The van der Waals surface area contributed by atoms with Gasteiger partial charge in [0.15, 0.2) is 0 Å². The molecule has 0 saturated carbocycles. The lowest BCUT2D eigenvalue weighted by Crippen LogP contribution is -2.15. The predicted octanol–water partition coefficient (Wildman–Crippen LogP) is 8.00. The molecule has 0 aromatic heterocycles. The van der Waals surface area contributed by atoms with Crippen molar-refractivity contribution in [1.29, 1.82) is 0 Å². The van der Waals surface area contributed by atoms with E-state index in [0.717, 1.165) is 22.8 Å². The highest BCUT2D eigenvalue weighted by atomic mass is 35.5. The second-order valence-corrected chi connectivity index (χ2v) is 7.77. The van der Waals surface area contributed by atoms with Crippen molar-refractivity contribution in [1.82, 2.24) is 0 Å². The van der Waals surface area contributed by atoms with Crippen LogP contribution in [0, 0.1) is 0 Å². The number of hydrogen-bond donors (Lipinski definition) is 0. The zero-order valence-electron chi connectivity index (χ0n) is 17.4. The molecule has 0 bridgehead atoms. The summed E-state index contributed by atoms with van der Waals surface area (Å²) >= 11 is 6.03. The van der Waals surface area contributed by atoms with Gasteiger partial charge in [0.05, 0.1) is 5.56 Å². The summed E-state index contributed by atoms with van der Waals surface area (Å²) in [5.41, 5.74) is 2.58. The molecule has 0 heterocycles. The molecule has 0 radical (unpaired) electrons. The number of rotatable bonds is 6. The minimum Gasteiger partial charge on any atom is -0.390 e. The highest BCUT2D eigenvalue weighted by Gasteiger charge is 2.35. The van der Waals surface area contributed by atoms with E-state index in [2.05, 4.69) is 5.16 Å². The molecule has 0 spiro atoms. The van der Waals surface area contributed by atoms with Gasteiger partial charge >= 0.3 is 6.18 Å². The van der Waals surface area contributed by atoms with Crippen LogP contribution in [0.2, 0.25) is 5.02 Å². The molecule has 4 rings (SSSR count). The van der Waals surface area contributed by atoms with Gasteiger partial charge in [-0.15, -0.1) is 0 Å². The molecule has 0 atom stereocenters. The second kappa shape index (κ2) is 9.92. The molecular formula is C27H19ClF3NO. The normalized spacial score (nSPS) is 11.9. The fourth-order valence-corrected chi connectivity index (χ4v) is 3.58. The van der Waals surface area contributed by atoms with Gasteiger partial charge in [-0.1, -0.05) is 102 Å². The van der Waals surface area contributed by atoms with Gasteiger partial charge in [-0.05, 0) is 34.9 Å². The highest BCUT2D eigenvalue weighted by Crippen LogP contribution is 2.34. The minimum atomic E-state index is -4.57. The smallest absolute Gasteiger partial charge is 0.390 e. The zero-order valence-corrected chi connectivity index (χ0v) is 18.1. The molecule has 0 aliphatic heterocycles. The number of nitrogens with zero attached hydrogens (tertiary/aromatic N) is 1. The van der Waals surface area contributed by atoms with Crippen LogP contribution in [0.1, 0.15) is 22.3 Å². The summed E-state index contributed by atoms with van der Waals surface area (Å²) in [5.74, 6) is 0. The topological polar surface area (TPSA) is 21.6 Å². The van der Waals surface area contributed by atoms with Gasteiger partial charge in [0.25, 0.3) is 0 Å². The summed E-state index contributed by atoms with van der Waals surface area (Å²) in [5, 5.41) is 4.29. The number of hydrogen-bond acceptors (Lipinski definition) is 2. The van der Waals surface area contributed by atoms with Crippen molar-refractivity contribution in [3.8, 4) is 11.1 Å². The van der Waals surface area contributed by atoms with Crippen LogP contribution in [0.3, 0.4) is 0 Å². The Morgan fingerprint density at radius 2 is 1.36 bits per heavy atom. The van der Waals surface area contributed by atoms with E-state index in [1.54, 1.807) is 30.3 Å². The van der Waals surface area contributed by atoms with E-state index < -0.39 is 11.7 Å². The first-order valence-corrected chi connectivity index (χ1v) is 10.6. The Morgan fingerprint density at radius 3 is 2.00 bits per heavy atom. The molecule has 4 aromatic carbocycles. The second-order valence-electron chi connectivity index (χ2n) is 7.33. The molecule has 6 heteroatoms. The van der Waals surface area contributed by atoms with Crippen LogP contribution in [-0.4, -0.2) is 5.71 Å². The third kappa shape index (κ3) is 5.62. The fourth-order valence-electron chi connectivity index (χ4n) is 3.41. The Bertz CT molecular complexity index is 1240. The molecule has 0 fully saturated rings. The van der Waals surface area contributed by atoms with Crippen molar-refractivity contribution in [2.75, 3.05) is 0 Å². The SMILES string of the molecule is FC(F)(F)c1ccc(Cl)cc1C(=NOCc1ccc(-c2ccccc2)cc1)c1ccccc1. The Labute approximate surface area is 194 Å². The van der Waals surface area contributed by atoms with Gasteiger partial charge in [0.2, 0.25) is 0 Å². The van der Waals surface area contributed by atoms with Crippen molar-refractivity contribution in [2.24, 2.45) is 5.16 Å². The van der Waals surface area contributed by atoms with Gasteiger partial charge in [-0.25, -0.2) is 0 Å². The van der Waals surface area contributed by atoms with Crippen molar-refractivity contribution < 1.29 is 18.0 Å². The van der Waals surface area contributed by atoms with E-state index >= 15 is 0 Å². The van der Waals surface area contributed by atoms with E-state index in [-0.39, 0.29) is 22.9 Å². The van der Waals surface area contributed by atoms with Gasteiger partial charge in [0.1, 0.15) is 12.3 Å². The molecule has 0 N–H and O–H groups in total. The molecule has 0 aliphatic carbocycles. The van der Waals surface area contributed by atoms with Crippen LogP contribution in [0.5, 0.6) is 0 Å². The van der Waals surface area contributed by atoms with Crippen LogP contribution in [0.4, 0.5) is 13.2 Å². The minimum absolute atomic E-state index is 0.0614. The Hall–Kier alpha value is -3.57. The lowest BCUT2D eigenvalue weighted by Gasteiger charge is -2.15. The molecule has 166 valence electrons. The van der Waals surface area contributed by atoms with Crippen LogP contribution >= 0.6 is 11.6 Å². The molecule has 4 aromatic rings. The lowest BCUT2D eigenvalue weighted by atomic mass is 9.97. The van der Waals surface area contributed by atoms with Gasteiger partial charge in [-0.3, -0.25) is 0 Å². The maximum Gasteiger partial charge on any atom is 0.417 e. The zero-order chi connectivity index (χ0) is 23.3. The molecule has 0 unspecified atom stereocenters. The van der Waals surface area contributed by atoms with Gasteiger partial charge in [-0.2, -0.15) is 13.2 Å². The largest absolute Gasteiger partial charge is 0.417 e. The molecule has 2 nitrogen and oxygen atoms in total. The molecule has 33 heavy (non-hydrogen) atoms. The van der Waals surface area contributed by atoms with E-state index in [0.29, 0.717) is 5.56 Å². The van der Waals surface area contributed by atoms with Gasteiger partial charge < -0.3 is 4.84 Å². The quantitative estimate of drug-likeness (QED) is 0.209. The molecule has 0 saturated heterocycles. The Morgan fingerprint density at radius 1 is 0.758 bits per heavy atom. The first-order chi connectivity index (χ1) is 15.9. The maximum atomic E-state index is 13.7. The monoisotopic (exact) mass is 465 g/mol. The summed E-state index contributed by atoms with van der Waals surface area (Å²) in [7, 11) is 0. The molecular weight excluding hydrogens is 447 g/mol. The maximum absolute atomic E-state index is 13.7. The lowest BCUT2D eigenvalue weighted by molar-refractivity contribution is -0.137. The van der Waals surface area contributed by atoms with E-state index in [1.807, 2.05) is 54.6 Å². The first kappa shape index (κ1) is 22.6. The van der Waals surface area contributed by atoms with Gasteiger partial charge in [0, 0.05) is 16.1 Å². The standard InChI is InChI=1S/C27H19ClF3NO/c28-23-15-16-25(27(29,30)31)24(17-23)26(22-9-5-2-6-10-22)32-33-18-19-11-13-21(14-12-19)20-7-3-1-4-8-20/h1-17H,18H2. The van der Waals surface area contributed by atoms with E-state index in [9.17, 15) is 13.2 Å². The Kier molecular flexibility index (Phi) is 6.80. The summed E-state index contributed by atoms with van der Waals surface area (Å²) in [4.78, 5) is 5.52.